The summed E-state index contributed by atoms with van der Waals surface area (Å²) in [4.78, 5) is 26.8. The molecule has 162 valence electrons. The highest BCUT2D eigenvalue weighted by atomic mass is 19.1. The smallest absolute Gasteiger partial charge is 0.257 e. The van der Waals surface area contributed by atoms with Crippen LogP contribution < -0.4 is 14.4 Å². The molecule has 3 heterocycles. The minimum atomic E-state index is -0.579. The first-order valence-electron chi connectivity index (χ1n) is 9.66. The molecular weight excluding hydrogens is 405 g/mol. The minimum absolute atomic E-state index is 0.0153. The molecule has 4 rings (SSSR count). The first-order chi connectivity index (χ1) is 15.0. The van der Waals surface area contributed by atoms with Crippen LogP contribution in [0.2, 0.25) is 0 Å². The van der Waals surface area contributed by atoms with Crippen molar-refractivity contribution in [3.05, 3.63) is 48.0 Å². The summed E-state index contributed by atoms with van der Waals surface area (Å²) in [6.07, 6.45) is 2.86. The molecule has 1 aromatic carbocycles. The highest BCUT2D eigenvalue weighted by Gasteiger charge is 2.31. The van der Waals surface area contributed by atoms with Gasteiger partial charge in [-0.15, -0.1) is 4.80 Å². The van der Waals surface area contributed by atoms with Crippen molar-refractivity contribution in [2.45, 2.75) is 6.92 Å². The van der Waals surface area contributed by atoms with Gasteiger partial charge in [-0.05, 0) is 18.1 Å². The van der Waals surface area contributed by atoms with Gasteiger partial charge in [-0.2, -0.15) is 20.2 Å². The van der Waals surface area contributed by atoms with Crippen molar-refractivity contribution in [1.82, 2.24) is 29.9 Å². The number of amides is 1. The maximum atomic E-state index is 14.6. The second-order valence-electron chi connectivity index (χ2n) is 7.20. The molecular formula is C20H22FN7O3. The van der Waals surface area contributed by atoms with Crippen LogP contribution >= 0.6 is 0 Å². The largest absolute Gasteiger partial charge is 0.481 e. The molecule has 0 bridgehead atoms. The van der Waals surface area contributed by atoms with Crippen LogP contribution in [0, 0.1) is 11.7 Å². The summed E-state index contributed by atoms with van der Waals surface area (Å²) in [5.41, 5.74) is 0.191. The number of rotatable bonds is 5. The SMILES string of the molecule is COc1cc(OC)nc(N2CC(C)CN(C(=O)c3cccc(F)c3-n3nccn3)C2)n1. The molecule has 31 heavy (non-hydrogen) atoms. The zero-order valence-corrected chi connectivity index (χ0v) is 17.4. The average Bonchev–Trinajstić information content (AvgIpc) is 3.32. The summed E-state index contributed by atoms with van der Waals surface area (Å²) >= 11 is 0. The fourth-order valence-electron chi connectivity index (χ4n) is 3.56. The lowest BCUT2D eigenvalue weighted by molar-refractivity contribution is 0.0697. The molecule has 1 aliphatic heterocycles. The van der Waals surface area contributed by atoms with E-state index >= 15 is 0 Å². The van der Waals surface area contributed by atoms with Gasteiger partial charge < -0.3 is 19.3 Å². The van der Waals surface area contributed by atoms with Crippen molar-refractivity contribution in [2.24, 2.45) is 5.92 Å². The standard InChI is InChI=1S/C20H22FN7O3/c1-13-10-26(12-27(11-13)20-24-16(30-2)9-17(25-20)31-3)19(29)14-5-4-6-15(21)18(14)28-22-7-8-23-28/h4-9,13H,10-12H2,1-3H3. The number of hydrogen-bond donors (Lipinski definition) is 0. The lowest BCUT2D eigenvalue weighted by Gasteiger charge is -2.39. The molecule has 0 spiro atoms. The van der Waals surface area contributed by atoms with E-state index in [1.54, 1.807) is 17.0 Å². The van der Waals surface area contributed by atoms with Crippen LogP contribution in [0.1, 0.15) is 17.3 Å². The van der Waals surface area contributed by atoms with Crippen molar-refractivity contribution in [1.29, 1.82) is 0 Å². The molecule has 1 aliphatic rings. The summed E-state index contributed by atoms with van der Waals surface area (Å²) in [5.74, 6) is 0.306. The Morgan fingerprint density at radius 3 is 2.42 bits per heavy atom. The Morgan fingerprint density at radius 1 is 1.10 bits per heavy atom. The molecule has 1 amide bonds. The number of para-hydroxylation sites is 1. The Kier molecular flexibility index (Phi) is 5.65. The van der Waals surface area contributed by atoms with Crippen molar-refractivity contribution in [2.75, 3.05) is 38.9 Å². The second kappa shape index (κ2) is 8.54. The van der Waals surface area contributed by atoms with Gasteiger partial charge in [0.25, 0.3) is 5.91 Å². The fourth-order valence-corrected chi connectivity index (χ4v) is 3.56. The quantitative estimate of drug-likeness (QED) is 0.608. The van der Waals surface area contributed by atoms with E-state index in [1.165, 1.54) is 38.7 Å². The van der Waals surface area contributed by atoms with Gasteiger partial charge in [0.15, 0.2) is 5.82 Å². The van der Waals surface area contributed by atoms with E-state index in [1.807, 2.05) is 11.8 Å². The topological polar surface area (TPSA) is 98.5 Å². The van der Waals surface area contributed by atoms with E-state index in [9.17, 15) is 9.18 Å². The summed E-state index contributed by atoms with van der Waals surface area (Å²) in [6.45, 7) is 3.38. The Morgan fingerprint density at radius 2 is 1.77 bits per heavy atom. The van der Waals surface area contributed by atoms with Gasteiger partial charge in [0.1, 0.15) is 5.69 Å². The molecule has 3 aromatic rings. The van der Waals surface area contributed by atoms with Crippen molar-refractivity contribution >= 4 is 11.9 Å². The lowest BCUT2D eigenvalue weighted by atomic mass is 10.1. The maximum Gasteiger partial charge on any atom is 0.257 e. The van der Waals surface area contributed by atoms with Gasteiger partial charge in [-0.1, -0.05) is 13.0 Å². The van der Waals surface area contributed by atoms with E-state index in [2.05, 4.69) is 20.2 Å². The zero-order valence-electron chi connectivity index (χ0n) is 17.4. The van der Waals surface area contributed by atoms with E-state index in [4.69, 9.17) is 9.47 Å². The molecule has 2 aromatic heterocycles. The highest BCUT2D eigenvalue weighted by molar-refractivity contribution is 5.98. The van der Waals surface area contributed by atoms with Crippen LogP contribution in [0.5, 0.6) is 11.8 Å². The zero-order chi connectivity index (χ0) is 22.0. The monoisotopic (exact) mass is 427 g/mol. The summed E-state index contributed by atoms with van der Waals surface area (Å²) in [5, 5.41) is 7.98. The normalized spacial score (nSPS) is 16.3. The Bertz CT molecular complexity index is 1050. The third kappa shape index (κ3) is 4.11. The number of benzene rings is 1. The van der Waals surface area contributed by atoms with Crippen LogP contribution in [0.25, 0.3) is 5.69 Å². The van der Waals surface area contributed by atoms with Gasteiger partial charge in [-0.25, -0.2) is 4.39 Å². The van der Waals surface area contributed by atoms with Crippen molar-refractivity contribution in [3.63, 3.8) is 0 Å². The number of nitrogens with zero attached hydrogens (tertiary/aromatic N) is 7. The molecule has 0 saturated carbocycles. The molecule has 1 saturated heterocycles. The van der Waals surface area contributed by atoms with Crippen LogP contribution in [0.4, 0.5) is 10.3 Å². The van der Waals surface area contributed by atoms with Crippen molar-refractivity contribution in [3.8, 4) is 17.4 Å². The van der Waals surface area contributed by atoms with E-state index < -0.39 is 5.82 Å². The number of halogens is 1. The highest BCUT2D eigenvalue weighted by Crippen LogP contribution is 2.25. The summed E-state index contributed by atoms with van der Waals surface area (Å²) < 4.78 is 25.1. The van der Waals surface area contributed by atoms with Crippen LogP contribution in [0.15, 0.2) is 36.7 Å². The van der Waals surface area contributed by atoms with Crippen molar-refractivity contribution < 1.29 is 18.7 Å². The van der Waals surface area contributed by atoms with Gasteiger partial charge in [-0.3, -0.25) is 4.79 Å². The molecule has 0 aliphatic carbocycles. The first-order valence-corrected chi connectivity index (χ1v) is 9.66. The lowest BCUT2D eigenvalue weighted by Crippen LogP contribution is -2.52. The molecule has 1 atom stereocenters. The maximum absolute atomic E-state index is 14.6. The Hall–Kier alpha value is -3.76. The second-order valence-corrected chi connectivity index (χ2v) is 7.20. The van der Waals surface area contributed by atoms with Crippen LogP contribution in [-0.2, 0) is 0 Å². The summed E-state index contributed by atoms with van der Waals surface area (Å²) in [6, 6.07) is 5.92. The van der Waals surface area contributed by atoms with Gasteiger partial charge in [0, 0.05) is 13.1 Å². The van der Waals surface area contributed by atoms with Gasteiger partial charge in [0.2, 0.25) is 17.7 Å². The van der Waals surface area contributed by atoms with Crippen LogP contribution in [-0.4, -0.2) is 69.7 Å². The molecule has 0 radical (unpaired) electrons. The third-order valence-electron chi connectivity index (χ3n) is 4.90. The number of aromatic nitrogens is 5. The number of methoxy groups -OCH3 is 2. The van der Waals surface area contributed by atoms with E-state index in [-0.39, 0.29) is 29.7 Å². The minimum Gasteiger partial charge on any atom is -0.481 e. The number of anilines is 1. The summed E-state index contributed by atoms with van der Waals surface area (Å²) in [7, 11) is 3.02. The Balaban J connectivity index is 1.66. The first kappa shape index (κ1) is 20.5. The predicted molar refractivity (Wildman–Crippen MR) is 109 cm³/mol. The average molecular weight is 427 g/mol. The van der Waals surface area contributed by atoms with Gasteiger partial charge in [0.05, 0.1) is 44.9 Å². The number of hydrogen-bond acceptors (Lipinski definition) is 8. The molecule has 1 fully saturated rings. The molecule has 0 N–H and O–H groups in total. The molecule has 1 unspecified atom stereocenters. The van der Waals surface area contributed by atoms with Crippen LogP contribution in [0.3, 0.4) is 0 Å². The van der Waals surface area contributed by atoms with E-state index in [0.717, 1.165) is 4.80 Å². The molecule has 11 heteroatoms. The third-order valence-corrected chi connectivity index (χ3v) is 4.90. The van der Waals surface area contributed by atoms with E-state index in [0.29, 0.717) is 30.8 Å². The van der Waals surface area contributed by atoms with Gasteiger partial charge >= 0.3 is 0 Å². The fraction of sp³-hybridized carbons (Fsp3) is 0.350. The number of ether oxygens (including phenoxy) is 2. The number of carbonyl (C=O) groups is 1. The predicted octanol–water partition coefficient (Wildman–Crippen LogP) is 1.77. The number of carbonyl (C=O) groups excluding carboxylic acids is 1. The Labute approximate surface area is 178 Å². The molecule has 10 nitrogen and oxygen atoms in total.